The third-order valence-electron chi connectivity index (χ3n) is 7.84. The molecular weight excluding hydrogens is 572 g/mol. The van der Waals surface area contributed by atoms with Gasteiger partial charge >= 0.3 is 6.09 Å². The van der Waals surface area contributed by atoms with Gasteiger partial charge in [-0.3, -0.25) is 4.79 Å². The van der Waals surface area contributed by atoms with Crippen molar-refractivity contribution < 1.29 is 34.0 Å². The number of hydrogen-bond donors (Lipinski definition) is 4. The number of unbranched alkanes of at least 4 members (excludes halogenated alkanes) is 4. The molecule has 244 valence electrons. The maximum Gasteiger partial charge on any atom is 0.404 e. The molecule has 0 aromatic heterocycles. The van der Waals surface area contributed by atoms with E-state index in [0.29, 0.717) is 39.0 Å². The number of carboxylic acid groups (broad SMARTS) is 1. The molecule has 45 heavy (non-hydrogen) atoms. The second-order valence-electron chi connectivity index (χ2n) is 11.0. The van der Waals surface area contributed by atoms with Crippen LogP contribution in [0.3, 0.4) is 0 Å². The predicted octanol–water partition coefficient (Wildman–Crippen LogP) is 6.27. The van der Waals surface area contributed by atoms with Crippen LogP contribution in [-0.2, 0) is 15.1 Å². The van der Waals surface area contributed by atoms with E-state index in [9.17, 15) is 14.7 Å². The van der Waals surface area contributed by atoms with E-state index in [-0.39, 0.29) is 5.91 Å². The third-order valence-corrected chi connectivity index (χ3v) is 7.84. The van der Waals surface area contributed by atoms with Gasteiger partial charge in [-0.05, 0) is 73.1 Å². The fraction of sp³-hybridized carbons (Fsp3) is 0.444. The number of ether oxygens (including phenoxy) is 3. The normalized spacial score (nSPS) is 11.9. The van der Waals surface area contributed by atoms with Crippen molar-refractivity contribution in [2.24, 2.45) is 0 Å². The molecule has 3 rings (SSSR count). The maximum absolute atomic E-state index is 12.0. The molecule has 1 unspecified atom stereocenters. The molecule has 0 spiro atoms. The van der Waals surface area contributed by atoms with Crippen molar-refractivity contribution in [1.29, 1.82) is 0 Å². The Morgan fingerprint density at radius 2 is 1.22 bits per heavy atom. The molecule has 0 aliphatic heterocycles. The quantitative estimate of drug-likeness (QED) is 0.0817. The summed E-state index contributed by atoms with van der Waals surface area (Å²) >= 11 is 0. The smallest absolute Gasteiger partial charge is 0.404 e. The topological polar surface area (TPSA) is 126 Å². The number of rotatable bonds is 21. The van der Waals surface area contributed by atoms with Crippen LogP contribution in [0.25, 0.3) is 0 Å². The van der Waals surface area contributed by atoms with Crippen LogP contribution >= 0.6 is 0 Å². The number of methoxy groups -OCH3 is 2. The van der Waals surface area contributed by atoms with E-state index in [1.165, 1.54) is 0 Å². The number of nitrogens with one attached hydrogen (secondary N) is 2. The zero-order chi connectivity index (χ0) is 32.3. The first-order chi connectivity index (χ1) is 21.9. The van der Waals surface area contributed by atoms with Crippen molar-refractivity contribution in [2.75, 3.05) is 33.9 Å². The molecule has 0 bridgehead atoms. The van der Waals surface area contributed by atoms with Crippen LogP contribution in [0.2, 0.25) is 0 Å². The van der Waals surface area contributed by atoms with Gasteiger partial charge in [-0.15, -0.1) is 0 Å². The van der Waals surface area contributed by atoms with Gasteiger partial charge in [0.05, 0.1) is 26.9 Å². The maximum atomic E-state index is 12.0. The van der Waals surface area contributed by atoms with Crippen LogP contribution in [0.15, 0.2) is 78.9 Å². The molecule has 0 saturated carbocycles. The summed E-state index contributed by atoms with van der Waals surface area (Å²) in [6.07, 6.45) is 4.95. The summed E-state index contributed by atoms with van der Waals surface area (Å²) < 4.78 is 17.7. The molecule has 0 fully saturated rings. The summed E-state index contributed by atoms with van der Waals surface area (Å²) in [6.45, 7) is 1.37. The highest BCUT2D eigenvalue weighted by molar-refractivity contribution is 5.75. The Balaban J connectivity index is 1.51. The van der Waals surface area contributed by atoms with Crippen molar-refractivity contribution in [3.05, 3.63) is 95.6 Å². The van der Waals surface area contributed by atoms with E-state index in [2.05, 4.69) is 22.8 Å². The lowest BCUT2D eigenvalue weighted by Gasteiger charge is -2.36. The van der Waals surface area contributed by atoms with Crippen molar-refractivity contribution in [2.45, 2.75) is 69.5 Å². The lowest BCUT2D eigenvalue weighted by atomic mass is 9.80. The Morgan fingerprint density at radius 1 is 0.689 bits per heavy atom. The summed E-state index contributed by atoms with van der Waals surface area (Å²) in [5.74, 6) is 1.54. The van der Waals surface area contributed by atoms with Crippen molar-refractivity contribution in [1.82, 2.24) is 10.6 Å². The first kappa shape index (κ1) is 35.4. The van der Waals surface area contributed by atoms with E-state index in [4.69, 9.17) is 19.3 Å². The number of aliphatic hydroxyl groups excluding tert-OH is 1. The van der Waals surface area contributed by atoms with Crippen molar-refractivity contribution in [3.63, 3.8) is 0 Å². The SMILES string of the molecule is COc1ccc(C(OCCC(O)CCCCCNC(=O)CCCCCNC(=O)O)(c2ccccc2)c2ccc(OC)cc2)cc1. The van der Waals surface area contributed by atoms with Gasteiger partial charge in [0.2, 0.25) is 5.91 Å². The number of aliphatic hydroxyl groups is 1. The van der Waals surface area contributed by atoms with Crippen molar-refractivity contribution in [3.8, 4) is 11.5 Å². The zero-order valence-corrected chi connectivity index (χ0v) is 26.5. The fourth-order valence-corrected chi connectivity index (χ4v) is 5.35. The molecular formula is C36H48N2O7. The van der Waals surface area contributed by atoms with Gasteiger partial charge < -0.3 is 35.1 Å². The summed E-state index contributed by atoms with van der Waals surface area (Å²) in [4.78, 5) is 22.4. The van der Waals surface area contributed by atoms with E-state index >= 15 is 0 Å². The first-order valence-electron chi connectivity index (χ1n) is 15.8. The fourth-order valence-electron chi connectivity index (χ4n) is 5.35. The van der Waals surface area contributed by atoms with Crippen LogP contribution in [0.1, 0.15) is 74.5 Å². The summed E-state index contributed by atoms with van der Waals surface area (Å²) in [5.41, 5.74) is 1.97. The highest BCUT2D eigenvalue weighted by Gasteiger charge is 2.38. The van der Waals surface area contributed by atoms with Crippen LogP contribution in [0, 0.1) is 0 Å². The largest absolute Gasteiger partial charge is 0.497 e. The molecule has 0 aliphatic rings. The molecule has 9 nitrogen and oxygen atoms in total. The number of amides is 2. The van der Waals surface area contributed by atoms with Gasteiger partial charge in [0.1, 0.15) is 17.1 Å². The summed E-state index contributed by atoms with van der Waals surface area (Å²) in [7, 11) is 3.29. The lowest BCUT2D eigenvalue weighted by molar-refractivity contribution is -0.121. The minimum absolute atomic E-state index is 0.0222. The molecule has 4 N–H and O–H groups in total. The van der Waals surface area contributed by atoms with Gasteiger partial charge in [-0.25, -0.2) is 4.79 Å². The van der Waals surface area contributed by atoms with Gasteiger partial charge in [0, 0.05) is 19.5 Å². The van der Waals surface area contributed by atoms with Gasteiger partial charge in [-0.1, -0.05) is 73.9 Å². The van der Waals surface area contributed by atoms with Crippen LogP contribution in [0.4, 0.5) is 4.79 Å². The number of hydrogen-bond acceptors (Lipinski definition) is 6. The Hall–Kier alpha value is -4.08. The summed E-state index contributed by atoms with van der Waals surface area (Å²) in [6, 6.07) is 25.9. The molecule has 1 atom stereocenters. The Morgan fingerprint density at radius 3 is 1.78 bits per heavy atom. The lowest BCUT2D eigenvalue weighted by Crippen LogP contribution is -2.34. The van der Waals surface area contributed by atoms with Crippen LogP contribution in [-0.4, -0.2) is 62.2 Å². The third kappa shape index (κ3) is 11.4. The highest BCUT2D eigenvalue weighted by atomic mass is 16.5. The Labute approximate surface area is 266 Å². The van der Waals surface area contributed by atoms with Gasteiger partial charge in [-0.2, -0.15) is 0 Å². The number of carbonyl (C=O) groups is 2. The first-order valence-corrected chi connectivity index (χ1v) is 15.8. The second-order valence-corrected chi connectivity index (χ2v) is 11.0. The molecule has 9 heteroatoms. The van der Waals surface area contributed by atoms with Crippen molar-refractivity contribution >= 4 is 12.0 Å². The molecule has 0 radical (unpaired) electrons. The molecule has 0 saturated heterocycles. The molecule has 3 aromatic rings. The molecule has 3 aromatic carbocycles. The monoisotopic (exact) mass is 620 g/mol. The number of carbonyl (C=O) groups excluding carboxylic acids is 1. The van der Waals surface area contributed by atoms with E-state index in [1.807, 2.05) is 66.7 Å². The zero-order valence-electron chi connectivity index (χ0n) is 26.5. The summed E-state index contributed by atoms with van der Waals surface area (Å²) in [5, 5.41) is 24.6. The minimum Gasteiger partial charge on any atom is -0.497 e. The average molecular weight is 621 g/mol. The van der Waals surface area contributed by atoms with Crippen LogP contribution < -0.4 is 20.1 Å². The predicted molar refractivity (Wildman–Crippen MR) is 175 cm³/mol. The number of benzene rings is 3. The Bertz CT molecular complexity index is 1220. The van der Waals surface area contributed by atoms with E-state index in [0.717, 1.165) is 66.7 Å². The highest BCUT2D eigenvalue weighted by Crippen LogP contribution is 2.41. The second kappa shape index (κ2) is 19.3. The average Bonchev–Trinajstić information content (AvgIpc) is 3.07. The Kier molecular flexibility index (Phi) is 15.2. The van der Waals surface area contributed by atoms with Crippen LogP contribution in [0.5, 0.6) is 11.5 Å². The van der Waals surface area contributed by atoms with Gasteiger partial charge in [0.25, 0.3) is 0 Å². The van der Waals surface area contributed by atoms with E-state index in [1.54, 1.807) is 14.2 Å². The molecule has 2 amide bonds. The minimum atomic E-state index is -1.02. The molecule has 0 heterocycles. The molecule has 0 aliphatic carbocycles. The standard InChI is InChI=1S/C36H48N2O7/c1-43-32-20-16-29(17-21-32)36(28-12-6-3-7-13-28,30-18-22-33(44-2)23-19-30)45-27-24-31(39)14-8-4-10-25-37-34(40)15-9-5-11-26-38-35(41)42/h3,6-7,12-13,16-23,31,38-39H,4-5,8-11,14-15,24-27H2,1-2H3,(H,37,40)(H,41,42). The van der Waals surface area contributed by atoms with E-state index < -0.39 is 17.8 Å². The van der Waals surface area contributed by atoms with Gasteiger partial charge in [0.15, 0.2) is 0 Å².